The minimum absolute atomic E-state index is 0.177. The van der Waals surface area contributed by atoms with Crippen LogP contribution in [-0.2, 0) is 23.4 Å². The molecule has 4 rings (SSSR count). The minimum atomic E-state index is -4.42. The van der Waals surface area contributed by atoms with Crippen LogP contribution in [-0.4, -0.2) is 62.3 Å². The number of hydrogen-bond donors (Lipinski definition) is 4. The normalized spacial score (nSPS) is 24.7. The molecule has 2 aromatic carbocycles. The molecule has 1 saturated heterocycles. The Morgan fingerprint density at radius 2 is 1.95 bits per heavy atom. The number of aliphatic hydroxyl groups excluding tert-OH is 1. The fraction of sp³-hybridized carbons (Fsp3) is 0.423. The lowest BCUT2D eigenvalue weighted by Gasteiger charge is -2.27. The third-order valence-corrected chi connectivity index (χ3v) is 8.01. The maximum atomic E-state index is 14.1. The topological polar surface area (TPSA) is 184 Å². The van der Waals surface area contributed by atoms with Gasteiger partial charge in [-0.05, 0) is 39.1 Å². The number of halogens is 1. The Morgan fingerprint density at radius 3 is 2.66 bits per heavy atom. The van der Waals surface area contributed by atoms with E-state index in [0.717, 1.165) is 12.3 Å². The summed E-state index contributed by atoms with van der Waals surface area (Å²) in [5.41, 5.74) is 2.16. The standard InChI is InChI=1S/C26H32FN4O9P/c1-14(2)38-23(33)15(3)30-41(36,40-19-11-7-9-16-8-5-6-10-17(16)19)37-13-20-21(32)26(4,35)24(39-20)31-12-18(27)22(28)29-25(31)34/h5-12,14-15,20-21,24,32,35H,13H2,1-4H3,(H,30,36)(H2,28,29,34)/t15-,20-,21-,24-,26-,41-/m1/s1. The lowest BCUT2D eigenvalue weighted by Crippen LogP contribution is -2.46. The Hall–Kier alpha value is -3.39. The Kier molecular flexibility index (Phi) is 8.83. The summed E-state index contributed by atoms with van der Waals surface area (Å²) in [6.45, 7) is 5.24. The van der Waals surface area contributed by atoms with Crippen molar-refractivity contribution in [2.24, 2.45) is 0 Å². The van der Waals surface area contributed by atoms with Crippen LogP contribution in [0.3, 0.4) is 0 Å². The molecule has 1 aliphatic heterocycles. The summed E-state index contributed by atoms with van der Waals surface area (Å²) < 4.78 is 51.1. The second-order valence-corrected chi connectivity index (χ2v) is 11.8. The molecule has 1 aromatic heterocycles. The third kappa shape index (κ3) is 6.58. The van der Waals surface area contributed by atoms with Crippen molar-refractivity contribution >= 4 is 30.3 Å². The molecule has 0 aliphatic carbocycles. The van der Waals surface area contributed by atoms with Gasteiger partial charge < -0.3 is 29.9 Å². The number of nitrogens with one attached hydrogen (secondary N) is 1. The van der Waals surface area contributed by atoms with E-state index in [1.54, 1.807) is 38.1 Å². The fourth-order valence-corrected chi connectivity index (χ4v) is 5.82. The molecule has 0 spiro atoms. The molecule has 5 N–H and O–H groups in total. The minimum Gasteiger partial charge on any atom is -0.462 e. The van der Waals surface area contributed by atoms with Gasteiger partial charge in [0.05, 0.1) is 18.9 Å². The van der Waals surface area contributed by atoms with Gasteiger partial charge in [-0.15, -0.1) is 0 Å². The van der Waals surface area contributed by atoms with Crippen LogP contribution in [0.2, 0.25) is 0 Å². The van der Waals surface area contributed by atoms with E-state index in [0.29, 0.717) is 16.2 Å². The Morgan fingerprint density at radius 1 is 1.27 bits per heavy atom. The van der Waals surface area contributed by atoms with E-state index in [1.165, 1.54) is 6.92 Å². The Labute approximate surface area is 234 Å². The van der Waals surface area contributed by atoms with E-state index in [9.17, 15) is 28.8 Å². The number of rotatable bonds is 10. The first-order chi connectivity index (χ1) is 19.2. The SMILES string of the molecule is CC(C)OC(=O)[C@@H](C)N[P@@](=O)(OC[C@H]1O[C@@H](n2cc(F)c(N)nc2=O)[C@](C)(O)[C@@H]1O)Oc1cccc2ccccc12. The summed E-state index contributed by atoms with van der Waals surface area (Å²) >= 11 is 0. The van der Waals surface area contributed by atoms with Crippen molar-refractivity contribution in [3.8, 4) is 5.75 Å². The number of benzene rings is 2. The monoisotopic (exact) mass is 594 g/mol. The van der Waals surface area contributed by atoms with Gasteiger partial charge in [-0.3, -0.25) is 13.9 Å². The van der Waals surface area contributed by atoms with E-state index >= 15 is 0 Å². The van der Waals surface area contributed by atoms with Gasteiger partial charge in [0.1, 0.15) is 29.6 Å². The van der Waals surface area contributed by atoms with Crippen LogP contribution in [0.4, 0.5) is 10.2 Å². The van der Waals surface area contributed by atoms with Gasteiger partial charge in [-0.25, -0.2) is 13.8 Å². The average Bonchev–Trinajstić information content (AvgIpc) is 3.13. The smallest absolute Gasteiger partial charge is 0.459 e. The number of ether oxygens (including phenoxy) is 2. The van der Waals surface area contributed by atoms with Crippen molar-refractivity contribution in [2.45, 2.75) is 63.9 Å². The zero-order valence-electron chi connectivity index (χ0n) is 22.8. The maximum Gasteiger partial charge on any atom is 0.459 e. The molecule has 222 valence electrons. The van der Waals surface area contributed by atoms with Crippen LogP contribution in [0.1, 0.15) is 33.9 Å². The van der Waals surface area contributed by atoms with Crippen molar-refractivity contribution in [1.82, 2.24) is 14.6 Å². The fourth-order valence-electron chi connectivity index (χ4n) is 4.29. The Balaban J connectivity index is 1.60. The lowest BCUT2D eigenvalue weighted by molar-refractivity contribution is -0.149. The average molecular weight is 595 g/mol. The van der Waals surface area contributed by atoms with Crippen LogP contribution in [0.15, 0.2) is 53.5 Å². The molecule has 3 aromatic rings. The first kappa shape index (κ1) is 30.6. The van der Waals surface area contributed by atoms with Crippen molar-refractivity contribution in [2.75, 3.05) is 12.3 Å². The zero-order chi connectivity index (χ0) is 30.1. The number of aromatic nitrogens is 2. The summed E-state index contributed by atoms with van der Waals surface area (Å²) in [5, 5.41) is 25.7. The molecule has 0 saturated carbocycles. The van der Waals surface area contributed by atoms with Crippen LogP contribution >= 0.6 is 7.75 Å². The number of carbonyl (C=O) groups excluding carboxylic acids is 1. The van der Waals surface area contributed by atoms with Crippen molar-refractivity contribution < 1.29 is 42.5 Å². The third-order valence-electron chi connectivity index (χ3n) is 6.38. The number of fused-ring (bicyclic) bond motifs is 1. The lowest BCUT2D eigenvalue weighted by atomic mass is 9.96. The molecule has 0 radical (unpaired) electrons. The summed E-state index contributed by atoms with van der Waals surface area (Å²) in [6.07, 6.45) is -4.44. The van der Waals surface area contributed by atoms with Crippen molar-refractivity contribution in [3.05, 3.63) is 65.0 Å². The van der Waals surface area contributed by atoms with E-state index in [4.69, 9.17) is 24.3 Å². The molecular weight excluding hydrogens is 562 g/mol. The second kappa shape index (κ2) is 11.8. The number of esters is 1. The van der Waals surface area contributed by atoms with Gasteiger partial charge in [0, 0.05) is 5.39 Å². The quantitative estimate of drug-likeness (QED) is 0.199. The Bertz CT molecular complexity index is 1530. The van der Waals surface area contributed by atoms with Gasteiger partial charge in [-0.1, -0.05) is 36.4 Å². The van der Waals surface area contributed by atoms with Crippen LogP contribution in [0.5, 0.6) is 5.75 Å². The number of carbonyl (C=O) groups is 1. The van der Waals surface area contributed by atoms with Gasteiger partial charge >= 0.3 is 19.4 Å². The molecule has 1 aliphatic rings. The number of aliphatic hydroxyl groups is 2. The van der Waals surface area contributed by atoms with E-state index in [-0.39, 0.29) is 5.75 Å². The molecule has 41 heavy (non-hydrogen) atoms. The number of nitrogen functional groups attached to an aromatic ring is 1. The van der Waals surface area contributed by atoms with E-state index in [2.05, 4.69) is 10.1 Å². The zero-order valence-corrected chi connectivity index (χ0v) is 23.7. The van der Waals surface area contributed by atoms with Crippen LogP contribution < -0.4 is 21.0 Å². The summed E-state index contributed by atoms with van der Waals surface area (Å²) in [7, 11) is -4.42. The van der Waals surface area contributed by atoms with E-state index in [1.807, 2.05) is 18.2 Å². The number of hydrogen-bond acceptors (Lipinski definition) is 11. The summed E-state index contributed by atoms with van der Waals surface area (Å²) in [4.78, 5) is 28.2. The molecule has 13 nitrogen and oxygen atoms in total. The molecule has 2 heterocycles. The highest BCUT2D eigenvalue weighted by atomic mass is 31.2. The van der Waals surface area contributed by atoms with Gasteiger partial charge in [0.25, 0.3) is 0 Å². The molecule has 0 unspecified atom stereocenters. The highest BCUT2D eigenvalue weighted by molar-refractivity contribution is 7.52. The molecule has 0 bridgehead atoms. The van der Waals surface area contributed by atoms with Gasteiger partial charge in [0.2, 0.25) is 0 Å². The maximum absolute atomic E-state index is 14.1. The van der Waals surface area contributed by atoms with Crippen LogP contribution in [0.25, 0.3) is 10.8 Å². The van der Waals surface area contributed by atoms with E-state index < -0.39 is 73.8 Å². The molecule has 15 heteroatoms. The van der Waals surface area contributed by atoms with Crippen LogP contribution in [0, 0.1) is 5.82 Å². The highest BCUT2D eigenvalue weighted by Gasteiger charge is 2.54. The first-order valence-corrected chi connectivity index (χ1v) is 14.3. The largest absolute Gasteiger partial charge is 0.462 e. The summed E-state index contributed by atoms with van der Waals surface area (Å²) in [5.74, 6) is -2.23. The van der Waals surface area contributed by atoms with Crippen molar-refractivity contribution in [1.29, 1.82) is 0 Å². The molecular formula is C26H32FN4O9P. The first-order valence-electron chi connectivity index (χ1n) is 12.7. The van der Waals surface area contributed by atoms with Gasteiger partial charge in [0.15, 0.2) is 17.9 Å². The summed E-state index contributed by atoms with van der Waals surface area (Å²) in [6, 6.07) is 11.1. The molecule has 1 fully saturated rings. The van der Waals surface area contributed by atoms with Crippen molar-refractivity contribution in [3.63, 3.8) is 0 Å². The number of nitrogens with zero attached hydrogens (tertiary/aromatic N) is 2. The highest BCUT2D eigenvalue weighted by Crippen LogP contribution is 2.48. The number of anilines is 1. The molecule has 6 atom stereocenters. The predicted octanol–water partition coefficient (Wildman–Crippen LogP) is 2.26. The second-order valence-electron chi connectivity index (χ2n) is 10.1. The van der Waals surface area contributed by atoms with Gasteiger partial charge in [-0.2, -0.15) is 10.1 Å². The predicted molar refractivity (Wildman–Crippen MR) is 145 cm³/mol. The molecule has 0 amide bonds. The number of nitrogens with two attached hydrogens (primary N) is 1.